The van der Waals surface area contributed by atoms with Crippen LogP contribution in [0.1, 0.15) is 11.1 Å². The summed E-state index contributed by atoms with van der Waals surface area (Å²) < 4.78 is 73.2. The standard InChI is InChI=1S/C24H24F3N7.H2O4S/c1-33-11-13-34(14-12-33)21-6-5-19(16-20(21)24(25,26)27)31-23-29-10-8-22(32-23)30-18-4-2-3-17(15-18)7-9-28;1-5(2,3)4/h2-6,8,10,15-16H,7,11-14H2,1H3,(H2,29,30,31,32);(H2,1,2,3,4). The Labute approximate surface area is 223 Å². The number of alkyl halides is 3. The summed E-state index contributed by atoms with van der Waals surface area (Å²) in [7, 11) is -2.71. The maximum absolute atomic E-state index is 13.9. The van der Waals surface area contributed by atoms with E-state index in [2.05, 4.69) is 31.6 Å². The van der Waals surface area contributed by atoms with Crippen LogP contribution in [-0.4, -0.2) is 65.6 Å². The van der Waals surface area contributed by atoms with Gasteiger partial charge in [0.1, 0.15) is 5.82 Å². The number of rotatable bonds is 6. The maximum atomic E-state index is 13.9. The molecule has 4 N–H and O–H groups in total. The first-order valence-corrected chi connectivity index (χ1v) is 12.9. The molecule has 3 aromatic rings. The van der Waals surface area contributed by atoms with Gasteiger partial charge in [0.15, 0.2) is 0 Å². The average Bonchev–Trinajstić information content (AvgIpc) is 2.84. The van der Waals surface area contributed by atoms with Gasteiger partial charge in [0.2, 0.25) is 5.95 Å². The minimum atomic E-state index is -4.67. The molecular formula is C24H26F3N7O4S. The summed E-state index contributed by atoms with van der Waals surface area (Å²) in [6, 6.07) is 15.3. The minimum absolute atomic E-state index is 0.165. The highest BCUT2D eigenvalue weighted by molar-refractivity contribution is 7.79. The number of anilines is 5. The van der Waals surface area contributed by atoms with E-state index in [0.717, 1.165) is 17.3 Å². The smallest absolute Gasteiger partial charge is 0.368 e. The third-order valence-corrected chi connectivity index (χ3v) is 5.54. The van der Waals surface area contributed by atoms with Gasteiger partial charge in [-0.3, -0.25) is 9.11 Å². The third kappa shape index (κ3) is 9.69. The second kappa shape index (κ2) is 12.7. The van der Waals surface area contributed by atoms with E-state index in [1.165, 1.54) is 12.3 Å². The molecule has 2 aromatic carbocycles. The topological polar surface area (TPSA) is 155 Å². The summed E-state index contributed by atoms with van der Waals surface area (Å²) in [6.07, 6.45) is -2.69. The molecule has 11 nitrogen and oxygen atoms in total. The normalized spacial score (nSPS) is 14.1. The summed E-state index contributed by atoms with van der Waals surface area (Å²) >= 11 is 0. The first-order chi connectivity index (χ1) is 18.3. The van der Waals surface area contributed by atoms with Gasteiger partial charge in [-0.15, -0.1) is 0 Å². The van der Waals surface area contributed by atoms with Gasteiger partial charge in [-0.05, 0) is 49.0 Å². The van der Waals surface area contributed by atoms with Crippen molar-refractivity contribution in [2.24, 2.45) is 0 Å². The predicted molar refractivity (Wildman–Crippen MR) is 140 cm³/mol. The number of nitriles is 1. The molecule has 1 fully saturated rings. The van der Waals surface area contributed by atoms with E-state index in [0.29, 0.717) is 32.0 Å². The van der Waals surface area contributed by atoms with Crippen molar-refractivity contribution in [3.05, 3.63) is 65.9 Å². The SMILES string of the molecule is CN1CCN(c2ccc(Nc3nccc(Nc4cccc(CC#N)c4)n3)cc2C(F)(F)F)CC1.O=S(=O)(O)O. The number of likely N-dealkylation sites (N-methyl/N-ethyl adjacent to an activating group) is 1. The molecule has 1 saturated heterocycles. The van der Waals surface area contributed by atoms with Crippen molar-refractivity contribution in [2.75, 3.05) is 48.8 Å². The van der Waals surface area contributed by atoms with E-state index in [4.69, 9.17) is 22.8 Å². The fraction of sp³-hybridized carbons (Fsp3) is 0.292. The Hall–Kier alpha value is -3.97. The van der Waals surface area contributed by atoms with Crippen molar-refractivity contribution in [3.63, 3.8) is 0 Å². The van der Waals surface area contributed by atoms with Gasteiger partial charge >= 0.3 is 16.6 Å². The van der Waals surface area contributed by atoms with Crippen LogP contribution in [0, 0.1) is 11.3 Å². The van der Waals surface area contributed by atoms with Crippen LogP contribution in [0.3, 0.4) is 0 Å². The Kier molecular flexibility index (Phi) is 9.65. The van der Waals surface area contributed by atoms with Crippen LogP contribution in [-0.2, 0) is 23.0 Å². The van der Waals surface area contributed by atoms with Gasteiger partial charge in [-0.2, -0.15) is 31.8 Å². The highest BCUT2D eigenvalue weighted by Crippen LogP contribution is 2.39. The molecule has 1 aliphatic heterocycles. The highest BCUT2D eigenvalue weighted by atomic mass is 32.3. The van der Waals surface area contributed by atoms with E-state index in [1.807, 2.05) is 31.3 Å². The van der Waals surface area contributed by atoms with Crippen LogP contribution in [0.4, 0.5) is 42.0 Å². The van der Waals surface area contributed by atoms with Crippen molar-refractivity contribution in [2.45, 2.75) is 12.6 Å². The van der Waals surface area contributed by atoms with Crippen LogP contribution < -0.4 is 15.5 Å². The van der Waals surface area contributed by atoms with Gasteiger partial charge in [-0.1, -0.05) is 12.1 Å². The lowest BCUT2D eigenvalue weighted by molar-refractivity contribution is -0.137. The predicted octanol–water partition coefficient (Wildman–Crippen LogP) is 4.15. The lowest BCUT2D eigenvalue weighted by atomic mass is 10.1. The van der Waals surface area contributed by atoms with E-state index in [-0.39, 0.29) is 23.7 Å². The number of benzene rings is 2. The molecule has 1 aromatic heterocycles. The van der Waals surface area contributed by atoms with Crippen molar-refractivity contribution >= 4 is 39.2 Å². The summed E-state index contributed by atoms with van der Waals surface area (Å²) in [5.74, 6) is 0.635. The van der Waals surface area contributed by atoms with Crippen molar-refractivity contribution in [1.82, 2.24) is 14.9 Å². The second-order valence-corrected chi connectivity index (χ2v) is 9.41. The first-order valence-electron chi connectivity index (χ1n) is 11.5. The zero-order valence-electron chi connectivity index (χ0n) is 20.7. The quantitative estimate of drug-likeness (QED) is 0.319. The summed E-state index contributed by atoms with van der Waals surface area (Å²) in [4.78, 5) is 12.4. The average molecular weight is 566 g/mol. The fourth-order valence-corrected chi connectivity index (χ4v) is 3.78. The molecule has 0 aliphatic carbocycles. The second-order valence-electron chi connectivity index (χ2n) is 8.52. The van der Waals surface area contributed by atoms with Gasteiger partial charge in [-0.25, -0.2) is 4.98 Å². The van der Waals surface area contributed by atoms with Gasteiger partial charge < -0.3 is 20.4 Å². The molecule has 4 rings (SSSR count). The minimum Gasteiger partial charge on any atom is -0.368 e. The summed E-state index contributed by atoms with van der Waals surface area (Å²) in [6.45, 7) is 2.51. The van der Waals surface area contributed by atoms with Crippen LogP contribution in [0.25, 0.3) is 0 Å². The highest BCUT2D eigenvalue weighted by Gasteiger charge is 2.35. The molecule has 1 aliphatic rings. The van der Waals surface area contributed by atoms with Crippen molar-refractivity contribution in [3.8, 4) is 6.07 Å². The molecule has 15 heteroatoms. The number of piperazine rings is 1. The zero-order valence-corrected chi connectivity index (χ0v) is 21.5. The maximum Gasteiger partial charge on any atom is 0.418 e. The zero-order chi connectivity index (χ0) is 28.6. The molecule has 0 atom stereocenters. The third-order valence-electron chi connectivity index (χ3n) is 5.54. The Morgan fingerprint density at radius 2 is 1.69 bits per heavy atom. The van der Waals surface area contributed by atoms with Crippen LogP contribution in [0.15, 0.2) is 54.7 Å². The molecule has 2 heterocycles. The van der Waals surface area contributed by atoms with Gasteiger partial charge in [0.05, 0.1) is 18.1 Å². The number of nitrogens with zero attached hydrogens (tertiary/aromatic N) is 5. The summed E-state index contributed by atoms with van der Waals surface area (Å²) in [5, 5.41) is 14.9. The molecular weight excluding hydrogens is 539 g/mol. The summed E-state index contributed by atoms with van der Waals surface area (Å²) in [5.41, 5.74) is 1.34. The lowest BCUT2D eigenvalue weighted by Crippen LogP contribution is -2.45. The molecule has 0 bridgehead atoms. The largest absolute Gasteiger partial charge is 0.418 e. The number of nitrogens with one attached hydrogen (secondary N) is 2. The molecule has 0 unspecified atom stereocenters. The first kappa shape index (κ1) is 29.6. The van der Waals surface area contributed by atoms with E-state index >= 15 is 0 Å². The molecule has 0 saturated carbocycles. The Balaban J connectivity index is 0.000000771. The molecule has 39 heavy (non-hydrogen) atoms. The number of hydrogen-bond donors (Lipinski definition) is 4. The van der Waals surface area contributed by atoms with Gasteiger partial charge in [0, 0.05) is 49.4 Å². The molecule has 0 radical (unpaired) electrons. The number of hydrogen-bond acceptors (Lipinski definition) is 9. The van der Waals surface area contributed by atoms with Crippen LogP contribution >= 0.6 is 0 Å². The molecule has 0 spiro atoms. The van der Waals surface area contributed by atoms with Crippen LogP contribution in [0.5, 0.6) is 0 Å². The Morgan fingerprint density at radius 3 is 2.33 bits per heavy atom. The van der Waals surface area contributed by atoms with Gasteiger partial charge in [0.25, 0.3) is 0 Å². The van der Waals surface area contributed by atoms with E-state index < -0.39 is 22.1 Å². The van der Waals surface area contributed by atoms with E-state index in [1.54, 1.807) is 17.0 Å². The Morgan fingerprint density at radius 1 is 1.03 bits per heavy atom. The van der Waals surface area contributed by atoms with E-state index in [9.17, 15) is 13.2 Å². The molecule has 0 amide bonds. The Bertz CT molecular complexity index is 1420. The number of aromatic nitrogens is 2. The van der Waals surface area contributed by atoms with Crippen molar-refractivity contribution < 1.29 is 30.7 Å². The fourth-order valence-electron chi connectivity index (χ4n) is 3.78. The lowest BCUT2D eigenvalue weighted by Gasteiger charge is -2.35. The monoisotopic (exact) mass is 565 g/mol. The van der Waals surface area contributed by atoms with Crippen molar-refractivity contribution in [1.29, 1.82) is 5.26 Å². The number of halogens is 3. The van der Waals surface area contributed by atoms with Crippen LogP contribution in [0.2, 0.25) is 0 Å². The molecule has 208 valence electrons.